The first kappa shape index (κ1) is 16.2. The number of hydrogen-bond donors (Lipinski definition) is 2. The Morgan fingerprint density at radius 3 is 2.40 bits per heavy atom. The first-order chi connectivity index (χ1) is 9.20. The van der Waals surface area contributed by atoms with Crippen LogP contribution in [-0.4, -0.2) is 35.9 Å². The lowest BCUT2D eigenvalue weighted by Gasteiger charge is -2.18. The molecule has 0 aliphatic carbocycles. The van der Waals surface area contributed by atoms with Gasteiger partial charge in [-0.3, -0.25) is 4.79 Å². The summed E-state index contributed by atoms with van der Waals surface area (Å²) in [5, 5.41) is 10.6. The molecule has 0 fully saturated rings. The Morgan fingerprint density at radius 1 is 1.35 bits per heavy atom. The first-order valence-electron chi connectivity index (χ1n) is 5.65. The molecule has 0 spiro atoms. The molecule has 1 rings (SSSR count). The quantitative estimate of drug-likeness (QED) is 0.812. The zero-order valence-electron chi connectivity index (χ0n) is 10.4. The third-order valence-corrected chi connectivity index (χ3v) is 2.34. The van der Waals surface area contributed by atoms with Gasteiger partial charge in [-0.1, -0.05) is 0 Å². The molecule has 0 saturated heterocycles. The van der Waals surface area contributed by atoms with Crippen molar-refractivity contribution >= 4 is 5.91 Å². The minimum absolute atomic E-state index is 0.199. The molecule has 1 amide bonds. The Bertz CT molecular complexity index is 447. The van der Waals surface area contributed by atoms with E-state index in [2.05, 4.69) is 0 Å². The maximum atomic E-state index is 12.6. The third-order valence-electron chi connectivity index (χ3n) is 2.34. The summed E-state index contributed by atoms with van der Waals surface area (Å²) in [6, 6.07) is 4.80. The Balaban J connectivity index is 2.45. The largest absolute Gasteiger partial charge is 0.481 e. The van der Waals surface area contributed by atoms with E-state index in [9.17, 15) is 22.4 Å². The van der Waals surface area contributed by atoms with Crippen LogP contribution in [0.3, 0.4) is 0 Å². The summed E-state index contributed by atoms with van der Waals surface area (Å²) in [4.78, 5) is 11.5. The fourth-order valence-corrected chi connectivity index (χ4v) is 1.23. The number of nitrogens with one attached hydrogen (secondary N) is 1. The Kier molecular flexibility index (Phi) is 5.32. The lowest BCUT2D eigenvalue weighted by Crippen LogP contribution is -2.44. The summed E-state index contributed by atoms with van der Waals surface area (Å²) in [5.74, 6) is -1.11. The molecule has 1 aromatic carbocycles. The summed E-state index contributed by atoms with van der Waals surface area (Å²) in [5.41, 5.74) is 0. The molecule has 0 bridgehead atoms. The molecule has 1 aromatic rings. The highest BCUT2D eigenvalue weighted by Gasteiger charge is 2.38. The van der Waals surface area contributed by atoms with E-state index >= 15 is 0 Å². The van der Waals surface area contributed by atoms with Crippen LogP contribution in [0, 0.1) is 5.82 Å². The maximum Gasteiger partial charge on any atom is 0.416 e. The Labute approximate surface area is 112 Å². The third kappa shape index (κ3) is 5.04. The molecule has 112 valence electrons. The van der Waals surface area contributed by atoms with Crippen LogP contribution in [0.15, 0.2) is 24.3 Å². The van der Waals surface area contributed by atoms with Crippen LogP contribution in [0.25, 0.3) is 0 Å². The van der Waals surface area contributed by atoms with Crippen molar-refractivity contribution in [2.75, 3.05) is 6.54 Å². The van der Waals surface area contributed by atoms with Gasteiger partial charge in [-0.15, -0.1) is 0 Å². The number of benzene rings is 1. The molecule has 8 heteroatoms. The molecular weight excluding hydrogens is 282 g/mol. The fraction of sp³-hybridized carbons (Fsp3) is 0.417. The number of carbonyl (C=O) groups excluding carboxylic acids is 1. The highest BCUT2D eigenvalue weighted by atomic mass is 19.4. The summed E-state index contributed by atoms with van der Waals surface area (Å²) in [7, 11) is 0. The average molecular weight is 295 g/mol. The molecule has 0 saturated carbocycles. The van der Waals surface area contributed by atoms with Crippen LogP contribution in [0.5, 0.6) is 5.75 Å². The van der Waals surface area contributed by atoms with Crippen LogP contribution in [-0.2, 0) is 4.79 Å². The number of amides is 1. The lowest BCUT2D eigenvalue weighted by molar-refractivity contribution is -0.202. The van der Waals surface area contributed by atoms with Gasteiger partial charge in [-0.2, -0.15) is 13.2 Å². The van der Waals surface area contributed by atoms with E-state index in [1.165, 1.54) is 19.1 Å². The van der Waals surface area contributed by atoms with Crippen molar-refractivity contribution < 1.29 is 32.2 Å². The smallest absolute Gasteiger partial charge is 0.416 e. The second-order valence-electron chi connectivity index (χ2n) is 4.02. The van der Waals surface area contributed by atoms with Gasteiger partial charge in [0.1, 0.15) is 11.6 Å². The monoisotopic (exact) mass is 295 g/mol. The zero-order valence-corrected chi connectivity index (χ0v) is 10.4. The summed E-state index contributed by atoms with van der Waals surface area (Å²) in [6.45, 7) is 0.359. The number of aliphatic hydroxyl groups excluding tert-OH is 1. The molecule has 0 aromatic heterocycles. The van der Waals surface area contributed by atoms with Crippen molar-refractivity contribution in [1.82, 2.24) is 5.32 Å². The molecule has 2 N–H and O–H groups in total. The van der Waals surface area contributed by atoms with E-state index in [1.54, 1.807) is 0 Å². The second-order valence-corrected chi connectivity index (χ2v) is 4.02. The molecule has 4 nitrogen and oxygen atoms in total. The molecule has 2 atom stereocenters. The van der Waals surface area contributed by atoms with Crippen LogP contribution in [0.2, 0.25) is 0 Å². The Morgan fingerprint density at radius 2 is 1.90 bits per heavy atom. The minimum Gasteiger partial charge on any atom is -0.481 e. The van der Waals surface area contributed by atoms with Gasteiger partial charge < -0.3 is 15.2 Å². The summed E-state index contributed by atoms with van der Waals surface area (Å²) in [6.07, 6.45) is -8.51. The van der Waals surface area contributed by atoms with Crippen molar-refractivity contribution in [3.63, 3.8) is 0 Å². The number of rotatable bonds is 5. The van der Waals surface area contributed by atoms with Gasteiger partial charge in [0.25, 0.3) is 5.91 Å². The minimum atomic E-state index is -4.80. The molecule has 0 heterocycles. The predicted molar refractivity (Wildman–Crippen MR) is 61.6 cm³/mol. The SMILES string of the molecule is CC(Oc1ccc(F)cc1)C(=O)NCC(O)C(F)(F)F. The van der Waals surface area contributed by atoms with Gasteiger partial charge in [0.05, 0.1) is 6.54 Å². The lowest BCUT2D eigenvalue weighted by atomic mass is 10.3. The van der Waals surface area contributed by atoms with E-state index in [4.69, 9.17) is 9.84 Å². The van der Waals surface area contributed by atoms with Crippen LogP contribution in [0.4, 0.5) is 17.6 Å². The highest BCUT2D eigenvalue weighted by molar-refractivity contribution is 5.80. The average Bonchev–Trinajstić information content (AvgIpc) is 2.36. The van der Waals surface area contributed by atoms with E-state index < -0.39 is 36.7 Å². The van der Waals surface area contributed by atoms with Crippen molar-refractivity contribution in [3.8, 4) is 5.75 Å². The van der Waals surface area contributed by atoms with Crippen molar-refractivity contribution in [3.05, 3.63) is 30.1 Å². The number of carbonyl (C=O) groups is 1. The topological polar surface area (TPSA) is 58.6 Å². The molecule has 20 heavy (non-hydrogen) atoms. The van der Waals surface area contributed by atoms with E-state index in [1.807, 2.05) is 5.32 Å². The van der Waals surface area contributed by atoms with E-state index in [-0.39, 0.29) is 5.75 Å². The number of ether oxygens (including phenoxy) is 1. The molecule has 0 aliphatic heterocycles. The van der Waals surface area contributed by atoms with Gasteiger partial charge in [-0.25, -0.2) is 4.39 Å². The second kappa shape index (κ2) is 6.56. The van der Waals surface area contributed by atoms with Crippen LogP contribution in [0.1, 0.15) is 6.92 Å². The molecular formula is C12H13F4NO3. The van der Waals surface area contributed by atoms with Gasteiger partial charge in [0.2, 0.25) is 0 Å². The molecule has 0 aliphatic rings. The van der Waals surface area contributed by atoms with E-state index in [0.717, 1.165) is 12.1 Å². The molecule has 0 radical (unpaired) electrons. The summed E-state index contributed by atoms with van der Waals surface area (Å²) >= 11 is 0. The maximum absolute atomic E-state index is 12.6. The zero-order chi connectivity index (χ0) is 15.3. The van der Waals surface area contributed by atoms with Gasteiger partial charge in [0, 0.05) is 0 Å². The number of hydrogen-bond acceptors (Lipinski definition) is 3. The van der Waals surface area contributed by atoms with Crippen molar-refractivity contribution in [1.29, 1.82) is 0 Å². The Hall–Kier alpha value is -1.83. The van der Waals surface area contributed by atoms with Crippen LogP contribution >= 0.6 is 0 Å². The first-order valence-corrected chi connectivity index (χ1v) is 5.65. The number of aliphatic hydroxyl groups is 1. The fourth-order valence-electron chi connectivity index (χ4n) is 1.23. The highest BCUT2D eigenvalue weighted by Crippen LogP contribution is 2.19. The molecule has 2 unspecified atom stereocenters. The van der Waals surface area contributed by atoms with E-state index in [0.29, 0.717) is 0 Å². The normalized spacial score (nSPS) is 14.5. The van der Waals surface area contributed by atoms with Gasteiger partial charge >= 0.3 is 6.18 Å². The predicted octanol–water partition coefficient (Wildman–Crippen LogP) is 1.63. The van der Waals surface area contributed by atoms with Crippen molar-refractivity contribution in [2.45, 2.75) is 25.3 Å². The van der Waals surface area contributed by atoms with Crippen molar-refractivity contribution in [2.24, 2.45) is 0 Å². The number of halogens is 4. The van der Waals surface area contributed by atoms with Crippen LogP contribution < -0.4 is 10.1 Å². The van der Waals surface area contributed by atoms with Gasteiger partial charge in [0.15, 0.2) is 12.2 Å². The van der Waals surface area contributed by atoms with Gasteiger partial charge in [-0.05, 0) is 31.2 Å². The summed E-state index contributed by atoms with van der Waals surface area (Å²) < 4.78 is 53.8. The standard InChI is InChI=1S/C12H13F4NO3/c1-7(20-9-4-2-8(13)3-5-9)11(19)17-6-10(18)12(14,15)16/h2-5,7,10,18H,6H2,1H3,(H,17,19). The number of alkyl halides is 3.